The van der Waals surface area contributed by atoms with Gasteiger partial charge >= 0.3 is 0 Å². The smallest absolute Gasteiger partial charge is 0.238 e. The van der Waals surface area contributed by atoms with Gasteiger partial charge in [-0.3, -0.25) is 4.90 Å². The fraction of sp³-hybridized carbons (Fsp3) is 0.0172. The van der Waals surface area contributed by atoms with E-state index < -0.39 is 5.41 Å². The lowest BCUT2D eigenvalue weighted by Gasteiger charge is -2.46. The largest absolute Gasteiger partial charge is 0.309 e. The first kappa shape index (κ1) is 36.4. The summed E-state index contributed by atoms with van der Waals surface area (Å²) in [5.74, 6) is 1.76. The fourth-order valence-corrected chi connectivity index (χ4v) is 9.76. The monoisotopic (exact) mass is 805 g/mol. The molecule has 1 aliphatic heterocycles. The first-order valence-corrected chi connectivity index (χ1v) is 21.4. The van der Waals surface area contributed by atoms with E-state index >= 15 is 0 Å². The maximum atomic E-state index is 5.35. The lowest BCUT2D eigenvalue weighted by molar-refractivity contribution is 0.728. The van der Waals surface area contributed by atoms with Crippen LogP contribution in [0, 0.1) is 0 Å². The van der Waals surface area contributed by atoms with Crippen LogP contribution in [0.2, 0.25) is 0 Å². The number of rotatable bonds is 7. The van der Waals surface area contributed by atoms with Crippen molar-refractivity contribution in [2.75, 3.05) is 4.90 Å². The SMILES string of the molecule is c1ccc(-c2nc(-c3ccccc3)nc(N3c4ccccc4C(c4ccccc4)(c4ccccc4)c4ccc(-c5ccc6c(c5)c5ccccc5n6-c5ccccc5)cc43)n2)cc1. The molecule has 5 nitrogen and oxygen atoms in total. The van der Waals surface area contributed by atoms with Gasteiger partial charge < -0.3 is 4.57 Å². The Hall–Kier alpha value is -8.41. The molecule has 0 atom stereocenters. The molecule has 12 rings (SSSR count). The molecule has 0 N–H and O–H groups in total. The van der Waals surface area contributed by atoms with Crippen LogP contribution in [0.4, 0.5) is 17.3 Å². The first-order valence-electron chi connectivity index (χ1n) is 21.4. The highest BCUT2D eigenvalue weighted by Gasteiger charge is 2.47. The first-order chi connectivity index (χ1) is 31.3. The summed E-state index contributed by atoms with van der Waals surface area (Å²) in [7, 11) is 0. The quantitative estimate of drug-likeness (QED) is 0.161. The molecule has 11 aromatic rings. The minimum Gasteiger partial charge on any atom is -0.309 e. The number of nitrogens with zero attached hydrogens (tertiary/aromatic N) is 5. The number of fused-ring (bicyclic) bond motifs is 5. The molecule has 2 aromatic heterocycles. The summed E-state index contributed by atoms with van der Waals surface area (Å²) in [6.07, 6.45) is 0. The molecule has 296 valence electrons. The van der Waals surface area contributed by atoms with E-state index in [0.29, 0.717) is 17.6 Å². The van der Waals surface area contributed by atoms with Crippen LogP contribution >= 0.6 is 0 Å². The summed E-state index contributed by atoms with van der Waals surface area (Å²) in [6.45, 7) is 0. The van der Waals surface area contributed by atoms with Crippen LogP contribution in [0.3, 0.4) is 0 Å². The van der Waals surface area contributed by atoms with Gasteiger partial charge in [0.15, 0.2) is 11.6 Å². The van der Waals surface area contributed by atoms with E-state index in [1.807, 2.05) is 36.4 Å². The Labute approximate surface area is 365 Å². The zero-order valence-corrected chi connectivity index (χ0v) is 34.3. The van der Waals surface area contributed by atoms with Crippen molar-refractivity contribution in [3.8, 4) is 39.6 Å². The van der Waals surface area contributed by atoms with Gasteiger partial charge in [-0.15, -0.1) is 0 Å². The molecule has 0 radical (unpaired) electrons. The van der Waals surface area contributed by atoms with Gasteiger partial charge in [-0.05, 0) is 75.8 Å². The highest BCUT2D eigenvalue weighted by molar-refractivity contribution is 6.10. The Morgan fingerprint density at radius 1 is 0.333 bits per heavy atom. The molecule has 1 aliphatic rings. The van der Waals surface area contributed by atoms with Crippen molar-refractivity contribution in [3.63, 3.8) is 0 Å². The minimum atomic E-state index is -0.673. The summed E-state index contributed by atoms with van der Waals surface area (Å²) in [5, 5.41) is 2.42. The number of anilines is 3. The molecule has 0 spiro atoms. The number of hydrogen-bond acceptors (Lipinski definition) is 4. The summed E-state index contributed by atoms with van der Waals surface area (Å²) in [4.78, 5) is 18.1. The van der Waals surface area contributed by atoms with Crippen LogP contribution in [0.25, 0.3) is 61.4 Å². The van der Waals surface area contributed by atoms with Crippen molar-refractivity contribution < 1.29 is 0 Å². The maximum Gasteiger partial charge on any atom is 0.238 e. The molecule has 0 saturated heterocycles. The molecule has 0 fully saturated rings. The molecule has 0 bridgehead atoms. The van der Waals surface area contributed by atoms with Crippen LogP contribution in [0.15, 0.2) is 237 Å². The average Bonchev–Trinajstić information content (AvgIpc) is 3.70. The summed E-state index contributed by atoms with van der Waals surface area (Å²) in [6, 6.07) is 84.2. The highest BCUT2D eigenvalue weighted by atomic mass is 15.3. The van der Waals surface area contributed by atoms with Gasteiger partial charge in [0.25, 0.3) is 0 Å². The average molecular weight is 806 g/mol. The lowest BCUT2D eigenvalue weighted by atomic mass is 9.62. The van der Waals surface area contributed by atoms with Crippen LogP contribution < -0.4 is 4.90 Å². The van der Waals surface area contributed by atoms with E-state index in [0.717, 1.165) is 50.4 Å². The fourth-order valence-electron chi connectivity index (χ4n) is 9.76. The summed E-state index contributed by atoms with van der Waals surface area (Å²) < 4.78 is 2.36. The van der Waals surface area contributed by atoms with Gasteiger partial charge in [-0.1, -0.05) is 194 Å². The lowest BCUT2D eigenvalue weighted by Crippen LogP contribution is -2.38. The van der Waals surface area contributed by atoms with E-state index in [9.17, 15) is 0 Å². The van der Waals surface area contributed by atoms with Gasteiger partial charge in [-0.2, -0.15) is 9.97 Å². The van der Waals surface area contributed by atoms with Crippen molar-refractivity contribution in [2.24, 2.45) is 0 Å². The zero-order valence-electron chi connectivity index (χ0n) is 34.3. The molecular formula is C58H39N5. The summed E-state index contributed by atoms with van der Waals surface area (Å²) in [5.41, 5.74) is 13.5. The Bertz CT molecular complexity index is 3340. The van der Waals surface area contributed by atoms with Crippen LogP contribution in [0.5, 0.6) is 0 Å². The molecule has 0 saturated carbocycles. The van der Waals surface area contributed by atoms with E-state index in [1.54, 1.807) is 0 Å². The second-order valence-electron chi connectivity index (χ2n) is 16.0. The minimum absolute atomic E-state index is 0.546. The third-order valence-corrected chi connectivity index (χ3v) is 12.5. The predicted octanol–water partition coefficient (Wildman–Crippen LogP) is 14.1. The third kappa shape index (κ3) is 5.89. The third-order valence-electron chi connectivity index (χ3n) is 12.5. The number of para-hydroxylation sites is 3. The summed E-state index contributed by atoms with van der Waals surface area (Å²) >= 11 is 0. The maximum absolute atomic E-state index is 5.35. The van der Waals surface area contributed by atoms with Gasteiger partial charge in [0, 0.05) is 27.6 Å². The van der Waals surface area contributed by atoms with E-state index in [4.69, 9.17) is 15.0 Å². The van der Waals surface area contributed by atoms with Crippen LogP contribution in [0.1, 0.15) is 22.3 Å². The normalized spacial score (nSPS) is 12.9. The Kier molecular flexibility index (Phi) is 8.64. The molecule has 0 aliphatic carbocycles. The van der Waals surface area contributed by atoms with E-state index in [2.05, 4.69) is 210 Å². The second kappa shape index (κ2) is 14.9. The zero-order chi connectivity index (χ0) is 41.7. The highest BCUT2D eigenvalue weighted by Crippen LogP contribution is 2.58. The topological polar surface area (TPSA) is 46.8 Å². The van der Waals surface area contributed by atoms with E-state index in [-0.39, 0.29) is 0 Å². The van der Waals surface area contributed by atoms with Crippen LogP contribution in [-0.4, -0.2) is 19.5 Å². The molecule has 3 heterocycles. The molecule has 0 amide bonds. The Balaban J connectivity index is 1.15. The predicted molar refractivity (Wildman–Crippen MR) is 257 cm³/mol. The van der Waals surface area contributed by atoms with Gasteiger partial charge in [0.1, 0.15) is 0 Å². The van der Waals surface area contributed by atoms with Crippen molar-refractivity contribution >= 4 is 39.1 Å². The molecular weight excluding hydrogens is 767 g/mol. The number of aromatic nitrogens is 4. The van der Waals surface area contributed by atoms with Gasteiger partial charge in [0.05, 0.1) is 27.8 Å². The Morgan fingerprint density at radius 3 is 1.48 bits per heavy atom. The Morgan fingerprint density at radius 2 is 0.825 bits per heavy atom. The van der Waals surface area contributed by atoms with Crippen molar-refractivity contribution in [1.82, 2.24) is 19.5 Å². The van der Waals surface area contributed by atoms with Crippen molar-refractivity contribution in [1.29, 1.82) is 0 Å². The van der Waals surface area contributed by atoms with Crippen molar-refractivity contribution in [2.45, 2.75) is 5.41 Å². The second-order valence-corrected chi connectivity index (χ2v) is 16.0. The van der Waals surface area contributed by atoms with Gasteiger partial charge in [-0.25, -0.2) is 4.98 Å². The van der Waals surface area contributed by atoms with Gasteiger partial charge in [0.2, 0.25) is 5.95 Å². The molecule has 5 heteroatoms. The molecule has 63 heavy (non-hydrogen) atoms. The van der Waals surface area contributed by atoms with Crippen molar-refractivity contribution in [3.05, 3.63) is 259 Å². The standard InChI is InChI=1S/C58H39N5/c1-6-20-40(21-7-1)55-59-56(41-22-8-2-9-23-41)61-57(60-55)63-53-33-19-17-31-49(53)58(44-24-10-3-11-25-44,45-26-12-4-13-27-45)50-36-34-43(39-54(50)63)42-35-37-52-48(38-42)47-30-16-18-32-51(47)62(52)46-28-14-5-15-29-46/h1-39H. The molecule has 9 aromatic carbocycles. The molecule has 0 unspecified atom stereocenters. The van der Waals surface area contributed by atoms with Crippen LogP contribution in [-0.2, 0) is 5.41 Å². The number of hydrogen-bond donors (Lipinski definition) is 0. The number of benzene rings is 9. The van der Waals surface area contributed by atoms with E-state index in [1.165, 1.54) is 32.9 Å².